The fraction of sp³-hybridized carbons (Fsp3) is 1.00. The van der Waals surface area contributed by atoms with Gasteiger partial charge >= 0.3 is 7.95 Å². The van der Waals surface area contributed by atoms with E-state index in [-0.39, 0.29) is 0 Å². The largest absolute Gasteiger partial charge is 0.572 e. The second kappa shape index (κ2) is 7.39. The summed E-state index contributed by atoms with van der Waals surface area (Å²) >= 11 is 1.66. The summed E-state index contributed by atoms with van der Waals surface area (Å²) in [5.74, 6) is 0.952. The minimum Gasteiger partial charge on any atom is -0.406 e. The van der Waals surface area contributed by atoms with Gasteiger partial charge in [0.05, 0.1) is 0 Å². The Kier molecular flexibility index (Phi) is 6.83. The first-order valence-electron chi connectivity index (χ1n) is 6.15. The summed E-state index contributed by atoms with van der Waals surface area (Å²) in [6.45, 7) is 4.46. The van der Waals surface area contributed by atoms with Crippen molar-refractivity contribution in [3.8, 4) is 0 Å². The summed E-state index contributed by atoms with van der Waals surface area (Å²) in [5.41, 5.74) is 0. The average Bonchev–Trinajstić information content (AvgIpc) is 2.78. The monoisotopic (exact) mass is 311 g/mol. The molecule has 0 aromatic carbocycles. The third-order valence-corrected chi connectivity index (χ3v) is 12.9. The Morgan fingerprint density at radius 1 is 1.17 bits per heavy atom. The lowest BCUT2D eigenvalue weighted by Gasteiger charge is -2.31. The molecule has 1 unspecified atom stereocenters. The molecule has 0 aliphatic carbocycles. The van der Waals surface area contributed by atoms with Crippen LogP contribution in [0.15, 0.2) is 0 Å². The normalized spacial score (nSPS) is 25.8. The van der Waals surface area contributed by atoms with Gasteiger partial charge < -0.3 is 22.3 Å². The lowest BCUT2D eigenvalue weighted by molar-refractivity contribution is 0.152. The average molecular weight is 312 g/mol. The third kappa shape index (κ3) is 3.79. The highest BCUT2D eigenvalue weighted by molar-refractivity contribution is 8.26. The molecule has 108 valence electrons. The zero-order valence-corrected chi connectivity index (χ0v) is 14.8. The SMILES string of the molecule is CO[Si](OC)(OC)SCCN1CCC[Si]1(C)OC. The minimum absolute atomic E-state index is 0.952. The molecule has 1 saturated heterocycles. The molecular weight excluding hydrogens is 286 g/mol. The summed E-state index contributed by atoms with van der Waals surface area (Å²) in [4.78, 5) is 0. The maximum Gasteiger partial charge on any atom is 0.572 e. The summed E-state index contributed by atoms with van der Waals surface area (Å²) in [5, 5.41) is 0. The highest BCUT2D eigenvalue weighted by Gasteiger charge is 2.42. The van der Waals surface area contributed by atoms with Gasteiger partial charge in [-0.05, 0) is 25.6 Å². The first kappa shape index (κ1) is 16.6. The first-order valence-corrected chi connectivity index (χ1v) is 12.1. The molecule has 0 aromatic heterocycles. The zero-order chi connectivity index (χ0) is 13.6. The van der Waals surface area contributed by atoms with Gasteiger partial charge in [0.15, 0.2) is 0 Å². The van der Waals surface area contributed by atoms with E-state index < -0.39 is 16.4 Å². The molecule has 1 aliphatic heterocycles. The van der Waals surface area contributed by atoms with Crippen LogP contribution in [0.1, 0.15) is 6.42 Å². The van der Waals surface area contributed by atoms with E-state index in [1.807, 2.05) is 7.11 Å². The number of hydrogen-bond acceptors (Lipinski definition) is 6. The predicted molar refractivity (Wildman–Crippen MR) is 78.9 cm³/mol. The maximum absolute atomic E-state index is 5.75. The van der Waals surface area contributed by atoms with Crippen LogP contribution in [0.25, 0.3) is 0 Å². The van der Waals surface area contributed by atoms with Gasteiger partial charge in [0.2, 0.25) is 0 Å². The zero-order valence-electron chi connectivity index (χ0n) is 12.0. The molecule has 0 saturated carbocycles. The summed E-state index contributed by atoms with van der Waals surface area (Å²) in [6, 6.07) is 1.23. The topological polar surface area (TPSA) is 40.2 Å². The molecule has 8 heteroatoms. The van der Waals surface area contributed by atoms with Crippen molar-refractivity contribution >= 4 is 27.6 Å². The van der Waals surface area contributed by atoms with E-state index in [9.17, 15) is 0 Å². The second-order valence-corrected chi connectivity index (χ2v) is 13.6. The molecule has 1 aliphatic rings. The highest BCUT2D eigenvalue weighted by atomic mass is 32.4. The lowest BCUT2D eigenvalue weighted by atomic mass is 10.5. The molecule has 0 spiro atoms. The minimum atomic E-state index is -2.48. The molecule has 1 atom stereocenters. The fourth-order valence-electron chi connectivity index (χ4n) is 2.28. The van der Waals surface area contributed by atoms with E-state index >= 15 is 0 Å². The van der Waals surface area contributed by atoms with Crippen LogP contribution in [0.5, 0.6) is 0 Å². The van der Waals surface area contributed by atoms with Gasteiger partial charge in [0.25, 0.3) is 8.48 Å². The van der Waals surface area contributed by atoms with Crippen LogP contribution in [-0.4, -0.2) is 68.3 Å². The van der Waals surface area contributed by atoms with Gasteiger partial charge in [-0.3, -0.25) is 0 Å². The van der Waals surface area contributed by atoms with Crippen LogP contribution < -0.4 is 0 Å². The molecule has 5 nitrogen and oxygen atoms in total. The van der Waals surface area contributed by atoms with E-state index in [1.54, 1.807) is 32.5 Å². The molecule has 1 fully saturated rings. The van der Waals surface area contributed by atoms with Crippen molar-refractivity contribution in [1.29, 1.82) is 0 Å². The van der Waals surface area contributed by atoms with Crippen LogP contribution in [0.4, 0.5) is 0 Å². The van der Waals surface area contributed by atoms with Crippen molar-refractivity contribution in [2.75, 3.05) is 47.3 Å². The smallest absolute Gasteiger partial charge is 0.406 e. The number of hydrogen-bond donors (Lipinski definition) is 0. The van der Waals surface area contributed by atoms with Gasteiger partial charge in [-0.2, -0.15) is 0 Å². The number of nitrogens with zero attached hydrogens (tertiary/aromatic N) is 1. The van der Waals surface area contributed by atoms with Crippen molar-refractivity contribution in [2.45, 2.75) is 19.0 Å². The molecule has 1 heterocycles. The van der Waals surface area contributed by atoms with Gasteiger partial charge in [-0.1, -0.05) is 11.2 Å². The fourth-order valence-corrected chi connectivity index (χ4v) is 8.75. The molecule has 1 rings (SSSR count). The van der Waals surface area contributed by atoms with Gasteiger partial charge in [-0.15, -0.1) is 0 Å². The Labute approximate surface area is 116 Å². The van der Waals surface area contributed by atoms with Crippen molar-refractivity contribution in [2.24, 2.45) is 0 Å². The summed E-state index contributed by atoms with van der Waals surface area (Å²) in [6.07, 6.45) is 1.25. The van der Waals surface area contributed by atoms with Gasteiger partial charge in [0.1, 0.15) is 0 Å². The molecule has 0 bridgehead atoms. The van der Waals surface area contributed by atoms with Gasteiger partial charge in [-0.25, -0.2) is 0 Å². The van der Waals surface area contributed by atoms with Gasteiger partial charge in [0, 0.05) is 40.7 Å². The quantitative estimate of drug-likeness (QED) is 0.633. The van der Waals surface area contributed by atoms with E-state index in [2.05, 4.69) is 11.1 Å². The third-order valence-electron chi connectivity index (χ3n) is 3.57. The van der Waals surface area contributed by atoms with E-state index in [0.717, 1.165) is 18.8 Å². The van der Waals surface area contributed by atoms with E-state index in [0.29, 0.717) is 0 Å². The Morgan fingerprint density at radius 3 is 2.28 bits per heavy atom. The Bertz CT molecular complexity index is 250. The molecule has 0 amide bonds. The molecule has 0 N–H and O–H groups in total. The van der Waals surface area contributed by atoms with Crippen LogP contribution in [0, 0.1) is 0 Å². The molecule has 0 aromatic rings. The van der Waals surface area contributed by atoms with Crippen LogP contribution in [-0.2, 0) is 17.7 Å². The van der Waals surface area contributed by atoms with Crippen LogP contribution >= 0.6 is 11.2 Å². The van der Waals surface area contributed by atoms with Crippen molar-refractivity contribution < 1.29 is 17.7 Å². The van der Waals surface area contributed by atoms with E-state index in [4.69, 9.17) is 17.7 Å². The van der Waals surface area contributed by atoms with Crippen molar-refractivity contribution in [1.82, 2.24) is 4.57 Å². The van der Waals surface area contributed by atoms with Crippen molar-refractivity contribution in [3.63, 3.8) is 0 Å². The summed E-state index contributed by atoms with van der Waals surface area (Å²) < 4.78 is 24.5. The predicted octanol–water partition coefficient (Wildman–Crippen LogP) is 1.52. The second-order valence-electron chi connectivity index (χ2n) is 4.43. The number of rotatable bonds is 8. The molecular formula is C10H25NO4SSi2. The van der Waals surface area contributed by atoms with Crippen LogP contribution in [0.2, 0.25) is 12.6 Å². The standard InChI is InChI=1S/C10H25NO4SSi2/c1-12-17(5)10-6-7-11(17)8-9-16-18(13-2,14-3)15-4/h6-10H2,1-5H3. The van der Waals surface area contributed by atoms with Crippen LogP contribution in [0.3, 0.4) is 0 Å². The summed E-state index contributed by atoms with van der Waals surface area (Å²) in [7, 11) is 2.71. The van der Waals surface area contributed by atoms with Crippen molar-refractivity contribution in [3.05, 3.63) is 0 Å². The first-order chi connectivity index (χ1) is 8.55. The Balaban J connectivity index is 2.41. The molecule has 18 heavy (non-hydrogen) atoms. The molecule has 0 radical (unpaired) electrons. The van der Waals surface area contributed by atoms with E-state index in [1.165, 1.54) is 12.5 Å². The maximum atomic E-state index is 5.75. The Hall–Kier alpha value is 0.584. The Morgan fingerprint density at radius 2 is 1.78 bits per heavy atom. The highest BCUT2D eigenvalue weighted by Crippen LogP contribution is 2.28. The lowest BCUT2D eigenvalue weighted by Crippen LogP contribution is -2.49.